The zero-order valence-electron chi connectivity index (χ0n) is 11.1. The highest BCUT2D eigenvalue weighted by atomic mass is 16.5. The number of benzene rings is 1. The van der Waals surface area contributed by atoms with Crippen LogP contribution in [0, 0.1) is 0 Å². The fraction of sp³-hybridized carbons (Fsp3) is 0.400. The topological polar surface area (TPSA) is 46.5 Å². The Morgan fingerprint density at radius 3 is 2.44 bits per heavy atom. The van der Waals surface area contributed by atoms with Crippen LogP contribution in [0.5, 0.6) is 0 Å². The van der Waals surface area contributed by atoms with Crippen molar-refractivity contribution in [1.29, 1.82) is 0 Å². The minimum Gasteiger partial charge on any atom is -0.478 e. The summed E-state index contributed by atoms with van der Waals surface area (Å²) >= 11 is 0. The smallest absolute Gasteiger partial charge is 0.328 e. The molecule has 0 spiro atoms. The molecule has 0 atom stereocenters. The summed E-state index contributed by atoms with van der Waals surface area (Å²) in [5, 5.41) is 8.52. The van der Waals surface area contributed by atoms with E-state index in [2.05, 4.69) is 20.8 Å². The van der Waals surface area contributed by atoms with Crippen molar-refractivity contribution in [2.75, 3.05) is 0 Å². The third-order valence-electron chi connectivity index (χ3n) is 2.88. The highest BCUT2D eigenvalue weighted by Crippen LogP contribution is 2.17. The lowest BCUT2D eigenvalue weighted by Gasteiger charge is -2.23. The first-order valence-corrected chi connectivity index (χ1v) is 6.07. The molecule has 1 rings (SSSR count). The van der Waals surface area contributed by atoms with E-state index in [0.29, 0.717) is 6.61 Å². The monoisotopic (exact) mass is 248 g/mol. The van der Waals surface area contributed by atoms with Gasteiger partial charge in [-0.1, -0.05) is 31.2 Å². The maximum absolute atomic E-state index is 10.4. The Bertz CT molecular complexity index is 416. The third kappa shape index (κ3) is 5.15. The zero-order valence-corrected chi connectivity index (χ0v) is 11.1. The van der Waals surface area contributed by atoms with Gasteiger partial charge in [0.25, 0.3) is 0 Å². The van der Waals surface area contributed by atoms with Crippen LogP contribution in [0.15, 0.2) is 30.3 Å². The number of hydrogen-bond donors (Lipinski definition) is 1. The van der Waals surface area contributed by atoms with Crippen molar-refractivity contribution in [2.24, 2.45) is 0 Å². The molecule has 1 aromatic rings. The van der Waals surface area contributed by atoms with Crippen molar-refractivity contribution in [3.63, 3.8) is 0 Å². The van der Waals surface area contributed by atoms with Gasteiger partial charge >= 0.3 is 5.97 Å². The van der Waals surface area contributed by atoms with Crippen molar-refractivity contribution >= 4 is 12.0 Å². The van der Waals surface area contributed by atoms with E-state index in [-0.39, 0.29) is 5.60 Å². The zero-order chi connectivity index (χ0) is 13.6. The number of rotatable bonds is 6. The van der Waals surface area contributed by atoms with Gasteiger partial charge in [0.2, 0.25) is 0 Å². The summed E-state index contributed by atoms with van der Waals surface area (Å²) in [6.07, 6.45) is 3.67. The van der Waals surface area contributed by atoms with E-state index in [4.69, 9.17) is 9.84 Å². The van der Waals surface area contributed by atoms with Crippen LogP contribution in [0.1, 0.15) is 38.3 Å². The Kier molecular flexibility index (Phi) is 5.10. The molecule has 0 radical (unpaired) electrons. The molecule has 0 unspecified atom stereocenters. The normalized spacial score (nSPS) is 11.9. The molecular weight excluding hydrogens is 228 g/mol. The molecule has 0 bridgehead atoms. The van der Waals surface area contributed by atoms with Crippen LogP contribution in [0.3, 0.4) is 0 Å². The van der Waals surface area contributed by atoms with Crippen molar-refractivity contribution < 1.29 is 14.6 Å². The Labute approximate surface area is 108 Å². The van der Waals surface area contributed by atoms with Gasteiger partial charge < -0.3 is 9.84 Å². The molecule has 0 aromatic heterocycles. The van der Waals surface area contributed by atoms with Crippen LogP contribution >= 0.6 is 0 Å². The maximum Gasteiger partial charge on any atom is 0.328 e. The molecule has 1 aromatic carbocycles. The third-order valence-corrected chi connectivity index (χ3v) is 2.88. The van der Waals surface area contributed by atoms with Crippen LogP contribution in [0.4, 0.5) is 0 Å². The van der Waals surface area contributed by atoms with Gasteiger partial charge in [0, 0.05) is 6.08 Å². The molecule has 3 nitrogen and oxygen atoms in total. The Morgan fingerprint density at radius 1 is 1.33 bits per heavy atom. The first-order valence-electron chi connectivity index (χ1n) is 6.07. The first kappa shape index (κ1) is 14.5. The molecule has 0 amide bonds. The quantitative estimate of drug-likeness (QED) is 0.784. The first-order chi connectivity index (χ1) is 8.43. The number of aliphatic carboxylic acids is 1. The van der Waals surface area contributed by atoms with Gasteiger partial charge in [0.1, 0.15) is 0 Å². The van der Waals surface area contributed by atoms with Gasteiger partial charge in [0.15, 0.2) is 0 Å². The standard InChI is InChI=1S/C15H20O3/c1-4-15(2,3)18-11-13-7-5-12(6-8-13)9-10-14(16)17/h5-10H,4,11H2,1-3H3,(H,16,17)/b10-9+. The molecule has 0 aliphatic rings. The lowest BCUT2D eigenvalue weighted by molar-refractivity contribution is -0.131. The fourth-order valence-electron chi connectivity index (χ4n) is 1.27. The lowest BCUT2D eigenvalue weighted by atomic mass is 10.1. The second kappa shape index (κ2) is 6.36. The minimum absolute atomic E-state index is 0.109. The highest BCUT2D eigenvalue weighted by Gasteiger charge is 2.14. The predicted molar refractivity (Wildman–Crippen MR) is 72.3 cm³/mol. The van der Waals surface area contributed by atoms with E-state index in [1.807, 2.05) is 24.3 Å². The average molecular weight is 248 g/mol. The number of carboxylic acid groups (broad SMARTS) is 1. The van der Waals surface area contributed by atoms with Gasteiger partial charge in [-0.05, 0) is 37.5 Å². The molecule has 0 saturated carbocycles. The van der Waals surface area contributed by atoms with Crippen molar-refractivity contribution in [1.82, 2.24) is 0 Å². The van der Waals surface area contributed by atoms with E-state index in [9.17, 15) is 4.79 Å². The molecule has 0 saturated heterocycles. The molecule has 18 heavy (non-hydrogen) atoms. The minimum atomic E-state index is -0.938. The summed E-state index contributed by atoms with van der Waals surface area (Å²) in [4.78, 5) is 10.4. The van der Waals surface area contributed by atoms with E-state index in [1.165, 1.54) is 0 Å². The molecule has 0 aliphatic carbocycles. The van der Waals surface area contributed by atoms with E-state index in [0.717, 1.165) is 23.6 Å². The number of hydrogen-bond acceptors (Lipinski definition) is 2. The van der Waals surface area contributed by atoms with Gasteiger partial charge in [-0.25, -0.2) is 4.79 Å². The number of carbonyl (C=O) groups is 1. The van der Waals surface area contributed by atoms with Crippen LogP contribution in [-0.2, 0) is 16.1 Å². The van der Waals surface area contributed by atoms with Crippen molar-refractivity contribution in [3.05, 3.63) is 41.5 Å². The summed E-state index contributed by atoms with van der Waals surface area (Å²) in [7, 11) is 0. The number of carboxylic acids is 1. The summed E-state index contributed by atoms with van der Waals surface area (Å²) in [5.41, 5.74) is 1.85. The fourth-order valence-corrected chi connectivity index (χ4v) is 1.27. The van der Waals surface area contributed by atoms with E-state index < -0.39 is 5.97 Å². The largest absolute Gasteiger partial charge is 0.478 e. The molecule has 0 fully saturated rings. The van der Waals surface area contributed by atoms with Gasteiger partial charge in [-0.3, -0.25) is 0 Å². The lowest BCUT2D eigenvalue weighted by Crippen LogP contribution is -2.22. The summed E-state index contributed by atoms with van der Waals surface area (Å²) < 4.78 is 5.79. The molecule has 3 heteroatoms. The molecule has 0 aliphatic heterocycles. The summed E-state index contributed by atoms with van der Waals surface area (Å²) in [6, 6.07) is 7.68. The van der Waals surface area contributed by atoms with Crippen LogP contribution in [0.2, 0.25) is 0 Å². The second-order valence-electron chi connectivity index (χ2n) is 4.82. The Hall–Kier alpha value is -1.61. The number of ether oxygens (including phenoxy) is 1. The van der Waals surface area contributed by atoms with E-state index >= 15 is 0 Å². The summed E-state index contributed by atoms with van der Waals surface area (Å²) in [5.74, 6) is -0.938. The maximum atomic E-state index is 10.4. The van der Waals surface area contributed by atoms with Crippen molar-refractivity contribution in [3.8, 4) is 0 Å². The van der Waals surface area contributed by atoms with Crippen LogP contribution in [0.25, 0.3) is 6.08 Å². The average Bonchev–Trinajstić information content (AvgIpc) is 2.35. The molecule has 98 valence electrons. The Balaban J connectivity index is 2.58. The molecule has 0 heterocycles. The molecule has 1 N–H and O–H groups in total. The molecular formula is C15H20O3. The SMILES string of the molecule is CCC(C)(C)OCc1ccc(/C=C/C(=O)O)cc1. The van der Waals surface area contributed by atoms with Gasteiger partial charge in [-0.15, -0.1) is 0 Å². The van der Waals surface area contributed by atoms with Gasteiger partial charge in [0.05, 0.1) is 12.2 Å². The second-order valence-corrected chi connectivity index (χ2v) is 4.82. The summed E-state index contributed by atoms with van der Waals surface area (Å²) in [6.45, 7) is 6.80. The van der Waals surface area contributed by atoms with E-state index in [1.54, 1.807) is 6.08 Å². The predicted octanol–water partition coefficient (Wildman–Crippen LogP) is 3.49. The van der Waals surface area contributed by atoms with Crippen molar-refractivity contribution in [2.45, 2.75) is 39.4 Å². The van der Waals surface area contributed by atoms with Crippen LogP contribution in [-0.4, -0.2) is 16.7 Å². The highest BCUT2D eigenvalue weighted by molar-refractivity contribution is 5.85. The van der Waals surface area contributed by atoms with Gasteiger partial charge in [-0.2, -0.15) is 0 Å². The van der Waals surface area contributed by atoms with Crippen LogP contribution < -0.4 is 0 Å². The Morgan fingerprint density at radius 2 is 1.94 bits per heavy atom.